The van der Waals surface area contributed by atoms with Gasteiger partial charge in [-0.2, -0.15) is 0 Å². The van der Waals surface area contributed by atoms with E-state index in [0.717, 1.165) is 21.1 Å². The number of hydrogen-bond acceptors (Lipinski definition) is 4. The van der Waals surface area contributed by atoms with Crippen LogP contribution in [0.5, 0.6) is 0 Å². The third kappa shape index (κ3) is 4.71. The number of anilines is 1. The van der Waals surface area contributed by atoms with Crippen LogP contribution >= 0.6 is 27.7 Å². The van der Waals surface area contributed by atoms with Crippen molar-refractivity contribution in [1.82, 2.24) is 20.1 Å². The van der Waals surface area contributed by atoms with Gasteiger partial charge in [0.25, 0.3) is 0 Å². The van der Waals surface area contributed by atoms with Crippen LogP contribution in [0.2, 0.25) is 0 Å². The minimum absolute atomic E-state index is 0.238. The molecule has 2 amide bonds. The maximum atomic E-state index is 11.9. The molecular weight excluding hydrogens is 378 g/mol. The third-order valence-electron chi connectivity index (χ3n) is 3.19. The van der Waals surface area contributed by atoms with E-state index in [1.54, 1.807) is 11.8 Å². The first kappa shape index (κ1) is 17.8. The van der Waals surface area contributed by atoms with Gasteiger partial charge in [-0.1, -0.05) is 23.9 Å². The highest BCUT2D eigenvalue weighted by Crippen LogP contribution is 2.21. The maximum absolute atomic E-state index is 11.9. The van der Waals surface area contributed by atoms with E-state index >= 15 is 0 Å². The molecule has 2 rings (SSSR count). The third-order valence-corrected chi connectivity index (χ3v) is 4.53. The molecule has 23 heavy (non-hydrogen) atoms. The van der Waals surface area contributed by atoms with Gasteiger partial charge in [0, 0.05) is 23.5 Å². The van der Waals surface area contributed by atoms with Crippen molar-refractivity contribution in [3.8, 4) is 0 Å². The van der Waals surface area contributed by atoms with Gasteiger partial charge in [-0.05, 0) is 48.2 Å². The number of carbonyl (C=O) groups is 1. The Morgan fingerprint density at radius 2 is 2.09 bits per heavy atom. The topological polar surface area (TPSA) is 71.8 Å². The average molecular weight is 398 g/mol. The second-order valence-corrected chi connectivity index (χ2v) is 6.81. The number of rotatable bonds is 6. The fourth-order valence-electron chi connectivity index (χ4n) is 2.15. The van der Waals surface area contributed by atoms with Crippen molar-refractivity contribution in [2.75, 3.05) is 18.1 Å². The Morgan fingerprint density at radius 3 is 2.74 bits per heavy atom. The molecule has 0 aliphatic carbocycles. The zero-order valence-corrected chi connectivity index (χ0v) is 15.7. The van der Waals surface area contributed by atoms with Crippen LogP contribution in [0.1, 0.15) is 25.7 Å². The lowest BCUT2D eigenvalue weighted by Gasteiger charge is -2.13. The van der Waals surface area contributed by atoms with Crippen LogP contribution in [0, 0.1) is 0 Å². The summed E-state index contributed by atoms with van der Waals surface area (Å²) in [4.78, 5) is 11.9. The first-order chi connectivity index (χ1) is 11.0. The summed E-state index contributed by atoms with van der Waals surface area (Å²) in [7, 11) is 0. The summed E-state index contributed by atoms with van der Waals surface area (Å²) < 4.78 is 2.94. The largest absolute Gasteiger partial charge is 0.337 e. The lowest BCUT2D eigenvalue weighted by molar-refractivity contribution is 0.252. The van der Waals surface area contributed by atoms with Gasteiger partial charge in [0.05, 0.1) is 5.69 Å². The summed E-state index contributed by atoms with van der Waals surface area (Å²) >= 11 is 4.97. The molecule has 124 valence electrons. The molecule has 0 fully saturated rings. The number of nitrogens with zero attached hydrogens (tertiary/aromatic N) is 3. The van der Waals surface area contributed by atoms with Crippen LogP contribution in [0.3, 0.4) is 0 Å². The van der Waals surface area contributed by atoms with Crippen molar-refractivity contribution >= 4 is 39.4 Å². The Bertz CT molecular complexity index is 674. The molecule has 6 nitrogen and oxygen atoms in total. The molecule has 0 radical (unpaired) electrons. The quantitative estimate of drug-likeness (QED) is 0.728. The number of urea groups is 1. The second-order valence-electron chi connectivity index (χ2n) is 5.18. The highest BCUT2D eigenvalue weighted by molar-refractivity contribution is 9.10. The molecular formula is C15H20BrN5OS. The van der Waals surface area contributed by atoms with Gasteiger partial charge in [0.2, 0.25) is 0 Å². The number of carbonyl (C=O) groups excluding carboxylic acids is 1. The zero-order chi connectivity index (χ0) is 16.8. The standard InChI is InChI=1S/C15H20BrN5OS/c1-10(2)21-13(19-20-15(21)23-3)8-9-17-14(22)18-12-7-5-4-6-11(12)16/h4-7,10H,8-9H2,1-3H3,(H2,17,18,22). The van der Waals surface area contributed by atoms with Gasteiger partial charge in [0.15, 0.2) is 5.16 Å². The van der Waals surface area contributed by atoms with Gasteiger partial charge in [-0.25, -0.2) is 4.79 Å². The molecule has 8 heteroatoms. The molecule has 0 spiro atoms. The molecule has 0 saturated carbocycles. The summed E-state index contributed by atoms with van der Waals surface area (Å²) in [5.41, 5.74) is 0.736. The van der Waals surface area contributed by atoms with Crippen LogP contribution in [0.15, 0.2) is 33.9 Å². The van der Waals surface area contributed by atoms with E-state index in [2.05, 4.69) is 55.2 Å². The van der Waals surface area contributed by atoms with Crippen molar-refractivity contribution in [1.29, 1.82) is 0 Å². The van der Waals surface area contributed by atoms with Gasteiger partial charge >= 0.3 is 6.03 Å². The summed E-state index contributed by atoms with van der Waals surface area (Å²) in [6, 6.07) is 7.54. The van der Waals surface area contributed by atoms with Crippen molar-refractivity contribution < 1.29 is 4.79 Å². The van der Waals surface area contributed by atoms with Crippen molar-refractivity contribution in [3.05, 3.63) is 34.6 Å². The van der Waals surface area contributed by atoms with Crippen LogP contribution in [-0.4, -0.2) is 33.6 Å². The van der Waals surface area contributed by atoms with E-state index in [-0.39, 0.29) is 12.1 Å². The normalized spacial score (nSPS) is 10.8. The van der Waals surface area contributed by atoms with Crippen LogP contribution in [0.4, 0.5) is 10.5 Å². The lowest BCUT2D eigenvalue weighted by atomic mass is 10.3. The number of halogens is 1. The Morgan fingerprint density at radius 1 is 1.35 bits per heavy atom. The van der Waals surface area contributed by atoms with E-state index in [1.165, 1.54) is 0 Å². The average Bonchev–Trinajstić information content (AvgIpc) is 2.93. The number of para-hydroxylation sites is 1. The monoisotopic (exact) mass is 397 g/mol. The molecule has 0 aliphatic heterocycles. The van der Waals surface area contributed by atoms with Crippen molar-refractivity contribution in [2.45, 2.75) is 31.5 Å². The molecule has 1 aromatic heterocycles. The van der Waals surface area contributed by atoms with Gasteiger partial charge < -0.3 is 15.2 Å². The van der Waals surface area contributed by atoms with Gasteiger partial charge in [0.1, 0.15) is 5.82 Å². The Labute approximate surface area is 148 Å². The van der Waals surface area contributed by atoms with E-state index in [9.17, 15) is 4.79 Å². The Hall–Kier alpha value is -1.54. The number of amides is 2. The van der Waals surface area contributed by atoms with Gasteiger partial charge in [-0.15, -0.1) is 10.2 Å². The molecule has 0 aliphatic rings. The zero-order valence-electron chi connectivity index (χ0n) is 13.3. The first-order valence-corrected chi connectivity index (χ1v) is 9.32. The van der Waals surface area contributed by atoms with Crippen LogP contribution < -0.4 is 10.6 Å². The number of nitrogens with one attached hydrogen (secondary N) is 2. The number of hydrogen-bond donors (Lipinski definition) is 2. The minimum Gasteiger partial charge on any atom is -0.337 e. The predicted molar refractivity (Wildman–Crippen MR) is 97.1 cm³/mol. The van der Waals surface area contributed by atoms with E-state index in [4.69, 9.17) is 0 Å². The van der Waals surface area contributed by atoms with E-state index in [0.29, 0.717) is 13.0 Å². The Balaban J connectivity index is 1.89. The predicted octanol–water partition coefficient (Wildman–Crippen LogP) is 3.71. The van der Waals surface area contributed by atoms with Crippen molar-refractivity contribution in [2.24, 2.45) is 0 Å². The van der Waals surface area contributed by atoms with E-state index in [1.807, 2.05) is 30.5 Å². The molecule has 0 saturated heterocycles. The highest BCUT2D eigenvalue weighted by atomic mass is 79.9. The number of thioether (sulfide) groups is 1. The van der Waals surface area contributed by atoms with Crippen molar-refractivity contribution in [3.63, 3.8) is 0 Å². The molecule has 0 unspecified atom stereocenters. The number of benzene rings is 1. The summed E-state index contributed by atoms with van der Waals surface area (Å²) in [5.74, 6) is 0.880. The molecule has 1 heterocycles. The fourth-order valence-corrected chi connectivity index (χ4v) is 3.17. The second kappa shape index (κ2) is 8.35. The molecule has 0 bridgehead atoms. The first-order valence-electron chi connectivity index (χ1n) is 7.30. The summed E-state index contributed by atoms with van der Waals surface area (Å²) in [6.07, 6.45) is 2.62. The molecule has 1 aromatic carbocycles. The Kier molecular flexibility index (Phi) is 6.47. The maximum Gasteiger partial charge on any atom is 0.319 e. The summed E-state index contributed by atoms with van der Waals surface area (Å²) in [5, 5.41) is 14.9. The smallest absolute Gasteiger partial charge is 0.319 e. The minimum atomic E-state index is -0.238. The van der Waals surface area contributed by atoms with Crippen LogP contribution in [-0.2, 0) is 6.42 Å². The summed E-state index contributed by atoms with van der Waals surface area (Å²) in [6.45, 7) is 4.69. The van der Waals surface area contributed by atoms with Gasteiger partial charge in [-0.3, -0.25) is 0 Å². The molecule has 2 N–H and O–H groups in total. The number of aromatic nitrogens is 3. The SMILES string of the molecule is CSc1nnc(CCNC(=O)Nc2ccccc2Br)n1C(C)C. The fraction of sp³-hybridized carbons (Fsp3) is 0.400. The van der Waals surface area contributed by atoms with E-state index < -0.39 is 0 Å². The molecule has 2 aromatic rings. The lowest BCUT2D eigenvalue weighted by Crippen LogP contribution is -2.31. The molecule has 0 atom stereocenters. The van der Waals surface area contributed by atoms with Crippen LogP contribution in [0.25, 0.3) is 0 Å². The highest BCUT2D eigenvalue weighted by Gasteiger charge is 2.14.